The fourth-order valence-electron chi connectivity index (χ4n) is 2.13. The highest BCUT2D eigenvalue weighted by Crippen LogP contribution is 2.30. The van der Waals surface area contributed by atoms with Crippen molar-refractivity contribution in [2.24, 2.45) is 0 Å². The number of rotatable bonds is 6. The normalized spacial score (nSPS) is 9.89. The second kappa shape index (κ2) is 9.18. The van der Waals surface area contributed by atoms with E-state index in [4.69, 9.17) is 14.2 Å². The topological polar surface area (TPSA) is 103 Å². The van der Waals surface area contributed by atoms with Gasteiger partial charge in [0.15, 0.2) is 18.1 Å². The molecule has 0 unspecified atom stereocenters. The first kappa shape index (κ1) is 19.7. The molecule has 0 atom stereocenters. The van der Waals surface area contributed by atoms with Crippen LogP contribution in [-0.2, 0) is 9.53 Å². The summed E-state index contributed by atoms with van der Waals surface area (Å²) < 4.78 is 28.6. The van der Waals surface area contributed by atoms with Crippen LogP contribution < -0.4 is 20.3 Å². The van der Waals surface area contributed by atoms with Gasteiger partial charge in [-0.25, -0.2) is 9.18 Å². The van der Waals surface area contributed by atoms with E-state index < -0.39 is 30.2 Å². The number of carbonyl (C=O) groups excluding carboxylic acids is 3. The first-order valence-corrected chi connectivity index (χ1v) is 7.69. The summed E-state index contributed by atoms with van der Waals surface area (Å²) in [5, 5.41) is 0. The summed E-state index contributed by atoms with van der Waals surface area (Å²) in [5.74, 6) is -2.72. The minimum absolute atomic E-state index is 0.0695. The van der Waals surface area contributed by atoms with Gasteiger partial charge < -0.3 is 14.2 Å². The van der Waals surface area contributed by atoms with E-state index in [1.165, 1.54) is 38.5 Å². The third-order valence-electron chi connectivity index (χ3n) is 3.39. The highest BCUT2D eigenvalue weighted by Gasteiger charge is 2.19. The maximum absolute atomic E-state index is 13.5. The van der Waals surface area contributed by atoms with Gasteiger partial charge in [-0.15, -0.1) is 0 Å². The van der Waals surface area contributed by atoms with Crippen LogP contribution in [0.1, 0.15) is 20.7 Å². The maximum atomic E-state index is 13.5. The molecule has 2 amide bonds. The van der Waals surface area contributed by atoms with Crippen molar-refractivity contribution in [2.45, 2.75) is 0 Å². The number of hydrogen-bond acceptors (Lipinski definition) is 6. The summed E-state index contributed by atoms with van der Waals surface area (Å²) in [6.07, 6.45) is 0. The summed E-state index contributed by atoms with van der Waals surface area (Å²) in [5.41, 5.74) is 3.89. The second-order valence-corrected chi connectivity index (χ2v) is 5.10. The number of benzene rings is 2. The molecule has 2 aromatic carbocycles. The summed E-state index contributed by atoms with van der Waals surface area (Å²) in [6, 6.07) is 9.88. The Morgan fingerprint density at radius 2 is 1.63 bits per heavy atom. The van der Waals surface area contributed by atoms with Gasteiger partial charge in [0.05, 0.1) is 19.8 Å². The van der Waals surface area contributed by atoms with E-state index in [0.717, 1.165) is 6.07 Å². The largest absolute Gasteiger partial charge is 0.493 e. The van der Waals surface area contributed by atoms with Gasteiger partial charge >= 0.3 is 5.97 Å². The van der Waals surface area contributed by atoms with E-state index in [-0.39, 0.29) is 16.9 Å². The molecule has 2 N–H and O–H groups in total. The summed E-state index contributed by atoms with van der Waals surface area (Å²) in [6.45, 7) is -0.670. The van der Waals surface area contributed by atoms with Gasteiger partial charge in [-0.3, -0.25) is 20.4 Å². The molecule has 0 aliphatic carbocycles. The van der Waals surface area contributed by atoms with E-state index in [0.29, 0.717) is 5.75 Å². The van der Waals surface area contributed by atoms with Gasteiger partial charge in [0.25, 0.3) is 11.8 Å². The first-order valence-electron chi connectivity index (χ1n) is 7.69. The van der Waals surface area contributed by atoms with Gasteiger partial charge in [-0.1, -0.05) is 18.2 Å². The lowest BCUT2D eigenvalue weighted by Crippen LogP contribution is -2.43. The Morgan fingerprint density at radius 3 is 2.30 bits per heavy atom. The van der Waals surface area contributed by atoms with Crippen LogP contribution in [0.4, 0.5) is 4.39 Å². The Balaban J connectivity index is 1.90. The number of hydrazine groups is 1. The molecule has 8 nitrogen and oxygen atoms in total. The van der Waals surface area contributed by atoms with Crippen LogP contribution in [0.15, 0.2) is 42.5 Å². The molecule has 0 heterocycles. The van der Waals surface area contributed by atoms with Crippen molar-refractivity contribution in [3.63, 3.8) is 0 Å². The lowest BCUT2D eigenvalue weighted by atomic mass is 10.2. The Labute approximate surface area is 154 Å². The van der Waals surface area contributed by atoms with Crippen LogP contribution >= 0.6 is 0 Å². The number of hydrogen-bond donors (Lipinski definition) is 2. The summed E-state index contributed by atoms with van der Waals surface area (Å²) >= 11 is 0. The van der Waals surface area contributed by atoms with Gasteiger partial charge in [0.1, 0.15) is 11.4 Å². The number of methoxy groups -OCH3 is 2. The fourth-order valence-corrected chi connectivity index (χ4v) is 2.13. The van der Waals surface area contributed by atoms with Crippen molar-refractivity contribution in [3.8, 4) is 11.5 Å². The number of ether oxygens (including phenoxy) is 3. The highest BCUT2D eigenvalue weighted by molar-refractivity contribution is 5.97. The zero-order valence-corrected chi connectivity index (χ0v) is 14.6. The van der Waals surface area contributed by atoms with Gasteiger partial charge in [0, 0.05) is 0 Å². The molecule has 9 heteroatoms. The van der Waals surface area contributed by atoms with E-state index in [1.54, 1.807) is 12.1 Å². The number of nitrogens with one attached hydrogen (secondary N) is 2. The number of para-hydroxylation sites is 1. The molecule has 0 bridgehead atoms. The lowest BCUT2D eigenvalue weighted by molar-refractivity contribution is -0.125. The molecule has 0 aliphatic heterocycles. The van der Waals surface area contributed by atoms with Crippen LogP contribution in [0, 0.1) is 5.82 Å². The number of esters is 1. The molecule has 0 radical (unpaired) electrons. The summed E-state index contributed by atoms with van der Waals surface area (Å²) in [7, 11) is 2.78. The van der Waals surface area contributed by atoms with Crippen molar-refractivity contribution < 1.29 is 33.0 Å². The van der Waals surface area contributed by atoms with E-state index >= 15 is 0 Å². The third kappa shape index (κ3) is 4.94. The van der Waals surface area contributed by atoms with Gasteiger partial charge in [-0.05, 0) is 24.3 Å². The molecule has 0 aliphatic rings. The van der Waals surface area contributed by atoms with Crippen molar-refractivity contribution in [1.29, 1.82) is 0 Å². The molecule has 2 rings (SSSR count). The lowest BCUT2D eigenvalue weighted by Gasteiger charge is -2.12. The molecule has 0 saturated heterocycles. The zero-order chi connectivity index (χ0) is 19.8. The third-order valence-corrected chi connectivity index (χ3v) is 3.39. The zero-order valence-electron chi connectivity index (χ0n) is 14.6. The minimum Gasteiger partial charge on any atom is -0.493 e. The quantitative estimate of drug-likeness (QED) is 0.585. The average molecular weight is 376 g/mol. The van der Waals surface area contributed by atoms with Crippen LogP contribution in [0.3, 0.4) is 0 Å². The van der Waals surface area contributed by atoms with Crippen LogP contribution in [-0.4, -0.2) is 38.6 Å². The van der Waals surface area contributed by atoms with E-state index in [9.17, 15) is 18.8 Å². The predicted molar refractivity (Wildman–Crippen MR) is 91.8 cm³/mol. The monoisotopic (exact) mass is 376 g/mol. The van der Waals surface area contributed by atoms with E-state index in [2.05, 4.69) is 0 Å². The summed E-state index contributed by atoms with van der Waals surface area (Å²) in [4.78, 5) is 35.6. The Kier molecular flexibility index (Phi) is 6.70. The molecule has 27 heavy (non-hydrogen) atoms. The highest BCUT2D eigenvalue weighted by atomic mass is 19.1. The van der Waals surface area contributed by atoms with Gasteiger partial charge in [-0.2, -0.15) is 0 Å². The minimum atomic E-state index is -0.845. The van der Waals surface area contributed by atoms with Crippen molar-refractivity contribution in [1.82, 2.24) is 10.9 Å². The Hall–Kier alpha value is -3.62. The number of carbonyl (C=O) groups is 3. The molecule has 0 fully saturated rings. The standard InChI is InChI=1S/C18H17FN2O6/c1-25-14-9-5-7-12(16(14)26-2)18(24)27-10-15(22)20-21-17(23)11-6-3-4-8-13(11)19/h3-9H,10H2,1-2H3,(H,20,22)(H,21,23). The molecule has 2 aromatic rings. The second-order valence-electron chi connectivity index (χ2n) is 5.10. The Bertz CT molecular complexity index is 855. The van der Waals surface area contributed by atoms with Crippen LogP contribution in [0.2, 0.25) is 0 Å². The van der Waals surface area contributed by atoms with Gasteiger partial charge in [0.2, 0.25) is 0 Å². The molecule has 0 aromatic heterocycles. The maximum Gasteiger partial charge on any atom is 0.342 e. The van der Waals surface area contributed by atoms with Crippen molar-refractivity contribution in [2.75, 3.05) is 20.8 Å². The first-order chi connectivity index (χ1) is 13.0. The van der Waals surface area contributed by atoms with Crippen LogP contribution in [0.5, 0.6) is 11.5 Å². The van der Waals surface area contributed by atoms with Crippen molar-refractivity contribution >= 4 is 17.8 Å². The SMILES string of the molecule is COc1cccc(C(=O)OCC(=O)NNC(=O)c2ccccc2F)c1OC. The fraction of sp³-hybridized carbons (Fsp3) is 0.167. The van der Waals surface area contributed by atoms with Crippen LogP contribution in [0.25, 0.3) is 0 Å². The molecule has 0 spiro atoms. The molecular weight excluding hydrogens is 359 g/mol. The molecule has 0 saturated carbocycles. The molecular formula is C18H17FN2O6. The van der Waals surface area contributed by atoms with E-state index in [1.807, 2.05) is 10.9 Å². The van der Waals surface area contributed by atoms with Crippen molar-refractivity contribution in [3.05, 3.63) is 59.4 Å². The Morgan fingerprint density at radius 1 is 0.926 bits per heavy atom. The number of amides is 2. The smallest absolute Gasteiger partial charge is 0.342 e. The molecule has 142 valence electrons. The average Bonchev–Trinajstić information content (AvgIpc) is 2.69. The number of halogens is 1. The predicted octanol–water partition coefficient (Wildman–Crippen LogP) is 1.46.